The van der Waals surface area contributed by atoms with E-state index >= 15 is 0 Å². The molecule has 0 unspecified atom stereocenters. The molecular weight excluding hydrogens is 286 g/mol. The van der Waals surface area contributed by atoms with Crippen molar-refractivity contribution in [3.05, 3.63) is 35.4 Å². The third kappa shape index (κ3) is 3.38. The van der Waals surface area contributed by atoms with Gasteiger partial charge in [-0.05, 0) is 29.3 Å². The molecule has 0 saturated carbocycles. The molecule has 0 aliphatic rings. The van der Waals surface area contributed by atoms with Gasteiger partial charge >= 0.3 is 12.4 Å². The van der Waals surface area contributed by atoms with Gasteiger partial charge in [-0.3, -0.25) is 4.79 Å². The second kappa shape index (κ2) is 4.79. The Kier molecular flexibility index (Phi) is 3.95. The summed E-state index contributed by atoms with van der Waals surface area (Å²) in [5.74, 6) is -3.58. The van der Waals surface area contributed by atoms with E-state index < -0.39 is 29.1 Å². The second-order valence-corrected chi connectivity index (χ2v) is 3.76. The van der Waals surface area contributed by atoms with Gasteiger partial charge in [-0.1, -0.05) is 12.1 Å². The van der Waals surface area contributed by atoms with Crippen molar-refractivity contribution < 1.29 is 31.1 Å². The highest BCUT2D eigenvalue weighted by atomic mass is 35.5. The normalized spacial score (nSPS) is 12.9. The Morgan fingerprint density at radius 3 is 1.61 bits per heavy atom. The Morgan fingerprint density at radius 1 is 0.944 bits per heavy atom. The molecule has 0 heterocycles. The van der Waals surface area contributed by atoms with Crippen molar-refractivity contribution in [2.24, 2.45) is 0 Å². The van der Waals surface area contributed by atoms with E-state index in [0.29, 0.717) is 12.1 Å². The van der Waals surface area contributed by atoms with Gasteiger partial charge in [0.2, 0.25) is 0 Å². The Bertz CT molecular complexity index is 419. The lowest BCUT2D eigenvalue weighted by Crippen LogP contribution is -2.34. The minimum absolute atomic E-state index is 0.177. The molecule has 0 aliphatic heterocycles. The average molecular weight is 291 g/mol. The highest BCUT2D eigenvalue weighted by molar-refractivity contribution is 6.67. The lowest BCUT2D eigenvalue weighted by molar-refractivity contribution is -0.253. The third-order valence-electron chi connectivity index (χ3n) is 2.13. The molecule has 0 fully saturated rings. The number of carbonyl (C=O) groups excluding carboxylic acids is 1. The molecule has 8 heteroatoms. The monoisotopic (exact) mass is 290 g/mol. The molecule has 100 valence electrons. The Balaban J connectivity index is 3.20. The molecule has 1 aromatic carbocycles. The number of benzene rings is 1. The van der Waals surface area contributed by atoms with E-state index in [1.54, 1.807) is 0 Å². The fraction of sp³-hybridized carbons (Fsp3) is 0.300. The predicted molar refractivity (Wildman–Crippen MR) is 51.5 cm³/mol. The molecular formula is C10H5ClF6O. The van der Waals surface area contributed by atoms with Crippen molar-refractivity contribution >= 4 is 16.8 Å². The molecule has 1 aromatic rings. The lowest BCUT2D eigenvalue weighted by Gasteiger charge is -2.23. The van der Waals surface area contributed by atoms with Crippen LogP contribution < -0.4 is 0 Å². The van der Waals surface area contributed by atoms with Crippen LogP contribution in [0.5, 0.6) is 0 Å². The van der Waals surface area contributed by atoms with Gasteiger partial charge in [-0.15, -0.1) is 0 Å². The van der Waals surface area contributed by atoms with Crippen LogP contribution in [0, 0.1) is 0 Å². The number of alkyl halides is 6. The van der Waals surface area contributed by atoms with Crippen molar-refractivity contribution in [2.75, 3.05) is 0 Å². The average Bonchev–Trinajstić information content (AvgIpc) is 2.13. The first-order chi connectivity index (χ1) is 8.03. The maximum absolute atomic E-state index is 12.3. The Labute approximate surface area is 102 Å². The van der Waals surface area contributed by atoms with Crippen LogP contribution in [-0.4, -0.2) is 17.6 Å². The van der Waals surface area contributed by atoms with E-state index in [9.17, 15) is 31.1 Å². The minimum atomic E-state index is -5.45. The van der Waals surface area contributed by atoms with Crippen molar-refractivity contribution in [2.45, 2.75) is 18.3 Å². The first-order valence-corrected chi connectivity index (χ1v) is 4.84. The van der Waals surface area contributed by atoms with Gasteiger partial charge < -0.3 is 0 Å². The van der Waals surface area contributed by atoms with Crippen molar-refractivity contribution in [1.82, 2.24) is 0 Å². The standard InChI is InChI=1S/C10H5ClF6O/c11-8(18)6-3-1-5(2-4-6)7(9(12,13)14)10(15,16)17/h1-4,7H. The lowest BCUT2D eigenvalue weighted by atomic mass is 9.97. The van der Waals surface area contributed by atoms with E-state index in [1.165, 1.54) is 0 Å². The van der Waals surface area contributed by atoms with Gasteiger partial charge in [0.25, 0.3) is 5.24 Å². The van der Waals surface area contributed by atoms with Gasteiger partial charge in [-0.2, -0.15) is 26.3 Å². The zero-order valence-corrected chi connectivity index (χ0v) is 9.20. The van der Waals surface area contributed by atoms with Crippen LogP contribution in [0.25, 0.3) is 0 Å². The quantitative estimate of drug-likeness (QED) is 0.587. The van der Waals surface area contributed by atoms with Gasteiger partial charge in [0.05, 0.1) is 0 Å². The molecule has 0 aromatic heterocycles. The van der Waals surface area contributed by atoms with Gasteiger partial charge in [0.15, 0.2) is 5.92 Å². The van der Waals surface area contributed by atoms with Crippen LogP contribution in [-0.2, 0) is 0 Å². The first-order valence-electron chi connectivity index (χ1n) is 4.46. The summed E-state index contributed by atoms with van der Waals surface area (Å²) in [5.41, 5.74) is -1.17. The topological polar surface area (TPSA) is 17.1 Å². The van der Waals surface area contributed by atoms with E-state index in [-0.39, 0.29) is 5.56 Å². The maximum Gasteiger partial charge on any atom is 0.404 e. The SMILES string of the molecule is O=C(Cl)c1ccc(C(C(F)(F)F)C(F)(F)F)cc1. The molecule has 1 rings (SSSR count). The van der Waals surface area contributed by atoms with Gasteiger partial charge in [0, 0.05) is 5.56 Å². The third-order valence-corrected chi connectivity index (χ3v) is 2.34. The number of rotatable bonds is 2. The summed E-state index contributed by atoms with van der Waals surface area (Å²) in [6.07, 6.45) is -10.9. The minimum Gasteiger partial charge on any atom is -0.276 e. The first kappa shape index (κ1) is 14.8. The summed E-state index contributed by atoms with van der Waals surface area (Å²) in [7, 11) is 0. The molecule has 1 nitrogen and oxygen atoms in total. The van der Waals surface area contributed by atoms with Crippen LogP contribution in [0.1, 0.15) is 21.8 Å². The fourth-order valence-electron chi connectivity index (χ4n) is 1.37. The number of hydrogen-bond acceptors (Lipinski definition) is 1. The second-order valence-electron chi connectivity index (χ2n) is 3.41. The van der Waals surface area contributed by atoms with E-state index in [4.69, 9.17) is 11.6 Å². The number of hydrogen-bond donors (Lipinski definition) is 0. The Hall–Kier alpha value is -1.24. The van der Waals surface area contributed by atoms with E-state index in [1.807, 2.05) is 0 Å². The predicted octanol–water partition coefficient (Wildman–Crippen LogP) is 4.27. The summed E-state index contributed by atoms with van der Waals surface area (Å²) in [4.78, 5) is 10.6. The van der Waals surface area contributed by atoms with Gasteiger partial charge in [-0.25, -0.2) is 0 Å². The highest BCUT2D eigenvalue weighted by Crippen LogP contribution is 2.46. The van der Waals surface area contributed by atoms with Crippen LogP contribution >= 0.6 is 11.6 Å². The molecule has 18 heavy (non-hydrogen) atoms. The van der Waals surface area contributed by atoms with Crippen LogP contribution in [0.3, 0.4) is 0 Å². The zero-order chi connectivity index (χ0) is 14.1. The number of halogens is 7. The van der Waals surface area contributed by atoms with Gasteiger partial charge in [0.1, 0.15) is 0 Å². The summed E-state index contributed by atoms with van der Waals surface area (Å²) >= 11 is 5.03. The molecule has 0 atom stereocenters. The van der Waals surface area contributed by atoms with E-state index in [0.717, 1.165) is 12.1 Å². The molecule has 0 saturated heterocycles. The smallest absolute Gasteiger partial charge is 0.276 e. The zero-order valence-electron chi connectivity index (χ0n) is 8.44. The molecule has 0 spiro atoms. The van der Waals surface area contributed by atoms with Crippen molar-refractivity contribution in [3.63, 3.8) is 0 Å². The molecule has 0 N–H and O–H groups in total. The van der Waals surface area contributed by atoms with Crippen LogP contribution in [0.4, 0.5) is 26.3 Å². The Morgan fingerprint density at radius 2 is 1.33 bits per heavy atom. The summed E-state index contributed by atoms with van der Waals surface area (Å²) in [5, 5.41) is -0.961. The summed E-state index contributed by atoms with van der Waals surface area (Å²) < 4.78 is 74.1. The molecule has 0 radical (unpaired) electrons. The maximum atomic E-state index is 12.3. The number of carbonyl (C=O) groups is 1. The molecule has 0 amide bonds. The largest absolute Gasteiger partial charge is 0.404 e. The van der Waals surface area contributed by atoms with E-state index in [2.05, 4.69) is 0 Å². The van der Waals surface area contributed by atoms with Crippen molar-refractivity contribution in [1.29, 1.82) is 0 Å². The highest BCUT2D eigenvalue weighted by Gasteiger charge is 2.57. The van der Waals surface area contributed by atoms with Crippen LogP contribution in [0.15, 0.2) is 24.3 Å². The summed E-state index contributed by atoms with van der Waals surface area (Å²) in [6, 6.07) is 2.80. The van der Waals surface area contributed by atoms with Crippen molar-refractivity contribution in [3.8, 4) is 0 Å². The fourth-order valence-corrected chi connectivity index (χ4v) is 1.50. The summed E-state index contributed by atoms with van der Waals surface area (Å²) in [6.45, 7) is 0. The molecule has 0 aliphatic carbocycles. The van der Waals surface area contributed by atoms with Crippen LogP contribution in [0.2, 0.25) is 0 Å². The molecule has 0 bridgehead atoms.